The smallest absolute Gasteiger partial charge is 0.232 e. The molecule has 2 aromatic rings. The standard InChI is InChI=1S/C10H14IN5S/c1-7(2)3-12-5-9-14-15-10(17-9)16-6-8(11)4-13-16/h4,6-7,12H,3,5H2,1-2H3. The normalized spacial score (nSPS) is 11.3. The van der Waals surface area contributed by atoms with Gasteiger partial charge < -0.3 is 5.32 Å². The third kappa shape index (κ3) is 3.71. The summed E-state index contributed by atoms with van der Waals surface area (Å²) in [6.45, 7) is 6.14. The number of hydrogen-bond acceptors (Lipinski definition) is 5. The lowest BCUT2D eigenvalue weighted by Crippen LogP contribution is -2.18. The maximum atomic E-state index is 4.20. The molecule has 92 valence electrons. The van der Waals surface area contributed by atoms with Gasteiger partial charge in [-0.25, -0.2) is 4.68 Å². The first-order chi connectivity index (χ1) is 8.15. The van der Waals surface area contributed by atoms with E-state index < -0.39 is 0 Å². The van der Waals surface area contributed by atoms with Crippen LogP contribution in [0.3, 0.4) is 0 Å². The molecule has 0 radical (unpaired) electrons. The van der Waals surface area contributed by atoms with Crippen molar-refractivity contribution < 1.29 is 0 Å². The molecule has 17 heavy (non-hydrogen) atoms. The average Bonchev–Trinajstić information content (AvgIpc) is 2.86. The molecule has 1 N–H and O–H groups in total. The van der Waals surface area contributed by atoms with Crippen LogP contribution in [0.25, 0.3) is 5.13 Å². The van der Waals surface area contributed by atoms with Gasteiger partial charge in [-0.05, 0) is 35.1 Å². The second-order valence-electron chi connectivity index (χ2n) is 4.11. The summed E-state index contributed by atoms with van der Waals surface area (Å²) in [5.41, 5.74) is 0. The highest BCUT2D eigenvalue weighted by Crippen LogP contribution is 2.15. The van der Waals surface area contributed by atoms with Crippen molar-refractivity contribution >= 4 is 33.9 Å². The molecule has 0 saturated heterocycles. The quantitative estimate of drug-likeness (QED) is 0.827. The van der Waals surface area contributed by atoms with Gasteiger partial charge >= 0.3 is 0 Å². The van der Waals surface area contributed by atoms with Crippen LogP contribution in [-0.2, 0) is 6.54 Å². The predicted molar refractivity (Wildman–Crippen MR) is 76.3 cm³/mol. The molecule has 2 rings (SSSR count). The number of nitrogens with zero attached hydrogens (tertiary/aromatic N) is 4. The Balaban J connectivity index is 1.96. The first-order valence-electron chi connectivity index (χ1n) is 5.39. The van der Waals surface area contributed by atoms with E-state index in [0.717, 1.165) is 26.8 Å². The van der Waals surface area contributed by atoms with Crippen LogP contribution in [0.5, 0.6) is 0 Å². The zero-order valence-corrected chi connectivity index (χ0v) is 12.7. The zero-order chi connectivity index (χ0) is 12.3. The Labute approximate surface area is 118 Å². The van der Waals surface area contributed by atoms with Gasteiger partial charge in [-0.2, -0.15) is 5.10 Å². The van der Waals surface area contributed by atoms with E-state index in [1.165, 1.54) is 0 Å². The first kappa shape index (κ1) is 12.9. The van der Waals surface area contributed by atoms with Gasteiger partial charge in [-0.3, -0.25) is 0 Å². The minimum Gasteiger partial charge on any atom is -0.310 e. The second kappa shape index (κ2) is 5.87. The van der Waals surface area contributed by atoms with Crippen LogP contribution in [-0.4, -0.2) is 26.5 Å². The van der Waals surface area contributed by atoms with E-state index in [4.69, 9.17) is 0 Å². The average molecular weight is 363 g/mol. The van der Waals surface area contributed by atoms with Gasteiger partial charge in [0.15, 0.2) is 0 Å². The molecule has 0 atom stereocenters. The lowest BCUT2D eigenvalue weighted by atomic mass is 10.2. The lowest BCUT2D eigenvalue weighted by molar-refractivity contribution is 0.550. The van der Waals surface area contributed by atoms with Crippen LogP contribution in [0.15, 0.2) is 12.4 Å². The highest BCUT2D eigenvalue weighted by atomic mass is 127. The molecular formula is C10H14IN5S. The first-order valence-corrected chi connectivity index (χ1v) is 7.28. The molecule has 0 saturated carbocycles. The summed E-state index contributed by atoms with van der Waals surface area (Å²) >= 11 is 3.79. The van der Waals surface area contributed by atoms with Crippen molar-refractivity contribution in [3.05, 3.63) is 21.0 Å². The van der Waals surface area contributed by atoms with Crippen molar-refractivity contribution in [2.24, 2.45) is 5.92 Å². The summed E-state index contributed by atoms with van der Waals surface area (Å²) in [4.78, 5) is 0. The van der Waals surface area contributed by atoms with Crippen LogP contribution in [0.1, 0.15) is 18.9 Å². The molecular weight excluding hydrogens is 349 g/mol. The van der Waals surface area contributed by atoms with Crippen molar-refractivity contribution in [1.29, 1.82) is 0 Å². The number of rotatable bonds is 5. The summed E-state index contributed by atoms with van der Waals surface area (Å²) in [5, 5.41) is 17.6. The predicted octanol–water partition coefficient (Wildman–Crippen LogP) is 2.07. The topological polar surface area (TPSA) is 55.6 Å². The summed E-state index contributed by atoms with van der Waals surface area (Å²) in [6, 6.07) is 0. The molecule has 0 aliphatic heterocycles. The number of halogens is 1. The van der Waals surface area contributed by atoms with Gasteiger partial charge in [-0.15, -0.1) is 10.2 Å². The van der Waals surface area contributed by atoms with Crippen molar-refractivity contribution in [1.82, 2.24) is 25.3 Å². The third-order valence-corrected chi connectivity index (χ3v) is 3.50. The van der Waals surface area contributed by atoms with Crippen molar-refractivity contribution in [2.75, 3.05) is 6.54 Å². The fraction of sp³-hybridized carbons (Fsp3) is 0.500. The molecule has 0 aliphatic carbocycles. The minimum atomic E-state index is 0.648. The minimum absolute atomic E-state index is 0.648. The fourth-order valence-corrected chi connectivity index (χ4v) is 2.41. The molecule has 0 spiro atoms. The molecule has 0 aromatic carbocycles. The SMILES string of the molecule is CC(C)CNCc1nnc(-n2cc(I)cn2)s1. The van der Waals surface area contributed by atoms with Crippen LogP contribution in [0.2, 0.25) is 0 Å². The summed E-state index contributed by atoms with van der Waals surface area (Å²) in [6.07, 6.45) is 3.74. The van der Waals surface area contributed by atoms with Gasteiger partial charge in [0.25, 0.3) is 0 Å². The molecule has 0 unspecified atom stereocenters. The van der Waals surface area contributed by atoms with Crippen molar-refractivity contribution in [2.45, 2.75) is 20.4 Å². The number of nitrogens with one attached hydrogen (secondary N) is 1. The van der Waals surface area contributed by atoms with Crippen LogP contribution < -0.4 is 5.32 Å². The monoisotopic (exact) mass is 363 g/mol. The Hall–Kier alpha value is -0.540. The van der Waals surface area contributed by atoms with Crippen LogP contribution in [0.4, 0.5) is 0 Å². The van der Waals surface area contributed by atoms with Gasteiger partial charge in [0, 0.05) is 12.7 Å². The largest absolute Gasteiger partial charge is 0.310 e. The maximum Gasteiger partial charge on any atom is 0.232 e. The maximum absolute atomic E-state index is 4.20. The zero-order valence-electron chi connectivity index (χ0n) is 9.72. The Bertz CT molecular complexity index is 479. The van der Waals surface area contributed by atoms with E-state index in [2.05, 4.69) is 57.1 Å². The Morgan fingerprint density at radius 2 is 2.29 bits per heavy atom. The second-order valence-corrected chi connectivity index (χ2v) is 6.39. The number of hydrogen-bond donors (Lipinski definition) is 1. The highest BCUT2D eigenvalue weighted by Gasteiger charge is 2.07. The molecule has 0 bridgehead atoms. The van der Waals surface area contributed by atoms with Gasteiger partial charge in [0.2, 0.25) is 5.13 Å². The Morgan fingerprint density at radius 3 is 2.94 bits per heavy atom. The van der Waals surface area contributed by atoms with E-state index in [-0.39, 0.29) is 0 Å². The molecule has 0 amide bonds. The van der Waals surface area contributed by atoms with Crippen LogP contribution >= 0.6 is 33.9 Å². The summed E-state index contributed by atoms with van der Waals surface area (Å²) in [5.74, 6) is 0.648. The molecule has 5 nitrogen and oxygen atoms in total. The van der Waals surface area contributed by atoms with Gasteiger partial charge in [0.05, 0.1) is 9.77 Å². The summed E-state index contributed by atoms with van der Waals surface area (Å²) in [7, 11) is 0. The lowest BCUT2D eigenvalue weighted by Gasteiger charge is -2.03. The van der Waals surface area contributed by atoms with Crippen LogP contribution in [0, 0.1) is 9.49 Å². The highest BCUT2D eigenvalue weighted by molar-refractivity contribution is 14.1. The van der Waals surface area contributed by atoms with E-state index in [0.29, 0.717) is 5.92 Å². The van der Waals surface area contributed by atoms with Gasteiger partial charge in [0.1, 0.15) is 5.01 Å². The van der Waals surface area contributed by atoms with E-state index in [9.17, 15) is 0 Å². The molecule has 0 fully saturated rings. The van der Waals surface area contributed by atoms with E-state index >= 15 is 0 Å². The molecule has 0 aliphatic rings. The van der Waals surface area contributed by atoms with Gasteiger partial charge in [-0.1, -0.05) is 25.2 Å². The number of aromatic nitrogens is 4. The molecule has 2 heterocycles. The fourth-order valence-electron chi connectivity index (χ4n) is 1.28. The third-order valence-electron chi connectivity index (χ3n) is 2.03. The summed E-state index contributed by atoms with van der Waals surface area (Å²) < 4.78 is 2.85. The van der Waals surface area contributed by atoms with E-state index in [1.807, 2.05) is 6.20 Å². The Kier molecular flexibility index (Phi) is 4.46. The van der Waals surface area contributed by atoms with Crippen molar-refractivity contribution in [3.63, 3.8) is 0 Å². The molecule has 7 heteroatoms. The Morgan fingerprint density at radius 1 is 1.47 bits per heavy atom. The molecule has 2 aromatic heterocycles. The van der Waals surface area contributed by atoms with E-state index in [1.54, 1.807) is 22.2 Å². The van der Waals surface area contributed by atoms with Crippen molar-refractivity contribution in [3.8, 4) is 5.13 Å².